The molecule has 5 atom stereocenters. The first-order valence-electron chi connectivity index (χ1n) is 14.0. The van der Waals surface area contributed by atoms with Gasteiger partial charge in [0.05, 0.1) is 6.04 Å². The van der Waals surface area contributed by atoms with Crippen molar-refractivity contribution >= 4 is 35.5 Å². The summed E-state index contributed by atoms with van der Waals surface area (Å²) in [5, 5.41) is 25.1. The maximum absolute atomic E-state index is 13.3. The molecule has 0 radical (unpaired) electrons. The Balaban J connectivity index is 2.22. The van der Waals surface area contributed by atoms with Gasteiger partial charge in [-0.2, -0.15) is 0 Å². The van der Waals surface area contributed by atoms with Crippen molar-refractivity contribution in [2.45, 2.75) is 96.4 Å². The number of hydrogen-bond acceptors (Lipinski definition) is 7. The van der Waals surface area contributed by atoms with Crippen molar-refractivity contribution < 1.29 is 33.9 Å². The summed E-state index contributed by atoms with van der Waals surface area (Å²) in [5.74, 6) is -3.69. The van der Waals surface area contributed by atoms with E-state index in [1.165, 1.54) is 0 Å². The number of amides is 5. The zero-order valence-corrected chi connectivity index (χ0v) is 23.7. The molecular formula is C27H44N6O7. The molecule has 2 aliphatic rings. The second-order valence-electron chi connectivity index (χ2n) is 11.2. The largest absolute Gasteiger partial charge is 0.480 e. The normalized spacial score (nSPS) is 25.2. The average Bonchev–Trinajstić information content (AvgIpc) is 3.41. The summed E-state index contributed by atoms with van der Waals surface area (Å²) in [5.41, 5.74) is 0. The van der Waals surface area contributed by atoms with Gasteiger partial charge in [-0.3, -0.25) is 28.8 Å². The third kappa shape index (κ3) is 10.9. The standard InChI is InChI=1S/C27H44N6O7/c1-15(2)12-20(32-24(37)17-10-7-11-28-17)27(40)31-19-9-6-5-8-18(23(36)29-14-22(34)35)30-26(39)21(13-16(3)4)33-25(19)38/h5-6,15-21,28H,7-14H2,1-4H3,(H,29,36)(H,30,39)(H,31,40)(H,32,37)(H,33,38)(H,34,35)/b6-5+/t17-,18-,19?,20-,21-/m0/s1. The van der Waals surface area contributed by atoms with Crippen LogP contribution in [0.5, 0.6) is 0 Å². The lowest BCUT2D eigenvalue weighted by molar-refractivity contribution is -0.138. The van der Waals surface area contributed by atoms with E-state index in [2.05, 4.69) is 31.9 Å². The van der Waals surface area contributed by atoms with Gasteiger partial charge < -0.3 is 37.0 Å². The van der Waals surface area contributed by atoms with Crippen LogP contribution >= 0.6 is 0 Å². The SMILES string of the molecule is CC(C)C[C@@H]1NC(=O)C(NC(=O)[C@H](CC(C)C)NC(=O)[C@@H]2CCCN2)C/C=C/C[C@@H](C(=O)NCC(=O)O)NC1=O. The summed E-state index contributed by atoms with van der Waals surface area (Å²) in [6.45, 7) is 7.75. The van der Waals surface area contributed by atoms with Crippen LogP contribution in [0.4, 0.5) is 0 Å². The van der Waals surface area contributed by atoms with Gasteiger partial charge in [0.25, 0.3) is 0 Å². The quantitative estimate of drug-likeness (QED) is 0.160. The maximum Gasteiger partial charge on any atom is 0.322 e. The fourth-order valence-corrected chi connectivity index (χ4v) is 4.62. The molecule has 0 aliphatic carbocycles. The highest BCUT2D eigenvalue weighted by molar-refractivity contribution is 5.96. The van der Waals surface area contributed by atoms with E-state index in [0.29, 0.717) is 12.8 Å². The number of nitrogens with one attached hydrogen (secondary N) is 6. The van der Waals surface area contributed by atoms with Crippen molar-refractivity contribution in [2.75, 3.05) is 13.1 Å². The maximum atomic E-state index is 13.3. The highest BCUT2D eigenvalue weighted by atomic mass is 16.4. The Morgan fingerprint density at radius 3 is 2.25 bits per heavy atom. The van der Waals surface area contributed by atoms with E-state index < -0.39 is 60.3 Å². The van der Waals surface area contributed by atoms with E-state index in [1.54, 1.807) is 12.2 Å². The molecule has 0 aromatic rings. The molecule has 2 rings (SSSR count). The number of carboxylic acids is 1. The third-order valence-electron chi connectivity index (χ3n) is 6.65. The van der Waals surface area contributed by atoms with Gasteiger partial charge in [0.15, 0.2) is 0 Å². The molecule has 0 aromatic heterocycles. The van der Waals surface area contributed by atoms with E-state index in [1.807, 2.05) is 27.7 Å². The predicted octanol–water partition coefficient (Wildman–Crippen LogP) is -0.679. The molecular weight excluding hydrogens is 520 g/mol. The van der Waals surface area contributed by atoms with Gasteiger partial charge in [-0.15, -0.1) is 0 Å². The highest BCUT2D eigenvalue weighted by Gasteiger charge is 2.33. The van der Waals surface area contributed by atoms with Crippen molar-refractivity contribution in [2.24, 2.45) is 11.8 Å². The van der Waals surface area contributed by atoms with Crippen molar-refractivity contribution in [1.29, 1.82) is 0 Å². The van der Waals surface area contributed by atoms with Gasteiger partial charge in [-0.1, -0.05) is 39.8 Å². The lowest BCUT2D eigenvalue weighted by Gasteiger charge is -2.27. The van der Waals surface area contributed by atoms with Crippen LogP contribution in [0.2, 0.25) is 0 Å². The number of rotatable bonds is 11. The van der Waals surface area contributed by atoms with E-state index >= 15 is 0 Å². The molecule has 2 heterocycles. The van der Waals surface area contributed by atoms with Crippen LogP contribution in [0.1, 0.15) is 66.2 Å². The second-order valence-corrected chi connectivity index (χ2v) is 11.2. The summed E-state index contributed by atoms with van der Waals surface area (Å²) in [4.78, 5) is 75.8. The Labute approximate surface area is 235 Å². The van der Waals surface area contributed by atoms with Crippen molar-refractivity contribution in [3.63, 3.8) is 0 Å². The van der Waals surface area contributed by atoms with Crippen LogP contribution in [0.15, 0.2) is 12.2 Å². The van der Waals surface area contributed by atoms with E-state index in [0.717, 1.165) is 13.0 Å². The summed E-state index contributed by atoms with van der Waals surface area (Å²) >= 11 is 0. The average molecular weight is 565 g/mol. The minimum absolute atomic E-state index is 0.0152. The van der Waals surface area contributed by atoms with Gasteiger partial charge >= 0.3 is 5.97 Å². The van der Waals surface area contributed by atoms with Gasteiger partial charge in [0.1, 0.15) is 30.7 Å². The molecule has 1 unspecified atom stereocenters. The number of carbonyl (C=O) groups excluding carboxylic acids is 5. The lowest BCUT2D eigenvalue weighted by atomic mass is 10.0. The van der Waals surface area contributed by atoms with Crippen LogP contribution in [-0.4, -0.2) is 83.9 Å². The van der Waals surface area contributed by atoms with Crippen LogP contribution < -0.4 is 31.9 Å². The summed E-state index contributed by atoms with van der Waals surface area (Å²) < 4.78 is 0. The topological polar surface area (TPSA) is 195 Å². The summed E-state index contributed by atoms with van der Waals surface area (Å²) in [7, 11) is 0. The predicted molar refractivity (Wildman–Crippen MR) is 147 cm³/mol. The molecule has 0 spiro atoms. The Morgan fingerprint density at radius 2 is 1.65 bits per heavy atom. The lowest BCUT2D eigenvalue weighted by Crippen LogP contribution is -2.58. The Bertz CT molecular complexity index is 961. The zero-order valence-electron chi connectivity index (χ0n) is 23.7. The van der Waals surface area contributed by atoms with E-state index in [4.69, 9.17) is 5.11 Å². The third-order valence-corrected chi connectivity index (χ3v) is 6.65. The Morgan fingerprint density at radius 1 is 0.950 bits per heavy atom. The zero-order chi connectivity index (χ0) is 29.8. The molecule has 0 aromatic carbocycles. The van der Waals surface area contributed by atoms with Gasteiger partial charge in [0, 0.05) is 0 Å². The van der Waals surface area contributed by atoms with E-state index in [-0.39, 0.29) is 43.0 Å². The minimum Gasteiger partial charge on any atom is -0.480 e. The van der Waals surface area contributed by atoms with Crippen LogP contribution in [0, 0.1) is 11.8 Å². The summed E-state index contributed by atoms with van der Waals surface area (Å²) in [6, 6.07) is -4.27. The van der Waals surface area contributed by atoms with Gasteiger partial charge in [0.2, 0.25) is 29.5 Å². The minimum atomic E-state index is -1.22. The number of hydrogen-bond donors (Lipinski definition) is 7. The molecule has 13 nitrogen and oxygen atoms in total. The molecule has 0 bridgehead atoms. The van der Waals surface area contributed by atoms with Crippen LogP contribution in [-0.2, 0) is 28.8 Å². The molecule has 1 saturated heterocycles. The molecule has 7 N–H and O–H groups in total. The van der Waals surface area contributed by atoms with Gasteiger partial charge in [-0.25, -0.2) is 0 Å². The Kier molecular flexibility index (Phi) is 13.0. The van der Waals surface area contributed by atoms with Crippen molar-refractivity contribution in [3.8, 4) is 0 Å². The van der Waals surface area contributed by atoms with Crippen molar-refractivity contribution in [1.82, 2.24) is 31.9 Å². The molecule has 1 fully saturated rings. The fourth-order valence-electron chi connectivity index (χ4n) is 4.62. The van der Waals surface area contributed by atoms with E-state index in [9.17, 15) is 28.8 Å². The molecule has 224 valence electrons. The first kappa shape index (κ1) is 32.7. The number of carboxylic acid groups (broad SMARTS) is 1. The summed E-state index contributed by atoms with van der Waals surface area (Å²) in [6.07, 6.45) is 5.56. The molecule has 40 heavy (non-hydrogen) atoms. The van der Waals surface area contributed by atoms with Crippen molar-refractivity contribution in [3.05, 3.63) is 12.2 Å². The van der Waals surface area contributed by atoms with Gasteiger partial charge in [-0.05, 0) is 56.9 Å². The molecule has 5 amide bonds. The smallest absolute Gasteiger partial charge is 0.322 e. The first-order chi connectivity index (χ1) is 18.9. The fraction of sp³-hybridized carbons (Fsp3) is 0.704. The second kappa shape index (κ2) is 15.9. The molecule has 2 aliphatic heterocycles. The van der Waals surface area contributed by atoms with Crippen LogP contribution in [0.3, 0.4) is 0 Å². The highest BCUT2D eigenvalue weighted by Crippen LogP contribution is 2.12. The number of aliphatic carboxylic acids is 1. The molecule has 0 saturated carbocycles. The van der Waals surface area contributed by atoms with Crippen LogP contribution in [0.25, 0.3) is 0 Å². The first-order valence-corrected chi connectivity index (χ1v) is 14.0. The number of carbonyl (C=O) groups is 6. The Hall–Kier alpha value is -3.48. The molecule has 13 heteroatoms. The monoisotopic (exact) mass is 564 g/mol.